The Balaban J connectivity index is 1.88. The molecule has 2 aliphatic rings. The number of allylic oxidation sites excluding steroid dienone is 2. The van der Waals surface area contributed by atoms with Crippen molar-refractivity contribution in [2.45, 2.75) is 36.9 Å². The number of rotatable bonds is 1. The largest absolute Gasteiger partial charge is 0.302 e. The van der Waals surface area contributed by atoms with Crippen LogP contribution in [0.1, 0.15) is 29.3 Å². The molecule has 0 aromatic carbocycles. The lowest BCUT2D eigenvalue weighted by Gasteiger charge is -2.27. The predicted octanol–water partition coefficient (Wildman–Crippen LogP) is 3.06. The van der Waals surface area contributed by atoms with Gasteiger partial charge in [0, 0.05) is 25.2 Å². The first-order valence-corrected chi connectivity index (χ1v) is 7.21. The van der Waals surface area contributed by atoms with Gasteiger partial charge in [0.2, 0.25) is 0 Å². The van der Waals surface area contributed by atoms with Gasteiger partial charge in [-0.2, -0.15) is 0 Å². The minimum absolute atomic E-state index is 0.183. The second-order valence-electron chi connectivity index (χ2n) is 5.51. The van der Waals surface area contributed by atoms with E-state index in [4.69, 9.17) is 11.6 Å². The molecule has 2 nitrogen and oxygen atoms in total. The van der Waals surface area contributed by atoms with Crippen molar-refractivity contribution in [3.05, 3.63) is 41.2 Å². The summed E-state index contributed by atoms with van der Waals surface area (Å²) in [6.07, 6.45) is 4.16. The summed E-state index contributed by atoms with van der Waals surface area (Å²) in [7, 11) is 2.11. The van der Waals surface area contributed by atoms with Crippen LogP contribution in [0, 0.1) is 0 Å². The van der Waals surface area contributed by atoms with Gasteiger partial charge < -0.3 is 4.90 Å². The molecule has 2 heterocycles. The molecule has 3 atom stereocenters. The van der Waals surface area contributed by atoms with Gasteiger partial charge >= 0.3 is 0 Å². The molecule has 0 spiro atoms. The van der Waals surface area contributed by atoms with Crippen LogP contribution in [0.3, 0.4) is 0 Å². The molecule has 4 heteroatoms. The maximum absolute atomic E-state index is 14.1. The van der Waals surface area contributed by atoms with Gasteiger partial charge in [-0.15, -0.1) is 11.6 Å². The van der Waals surface area contributed by atoms with Gasteiger partial charge in [-0.1, -0.05) is 18.2 Å². The lowest BCUT2D eigenvalue weighted by atomic mass is 9.89. The Kier molecular flexibility index (Phi) is 3.59. The fourth-order valence-electron chi connectivity index (χ4n) is 2.84. The minimum Gasteiger partial charge on any atom is -0.302 e. The zero-order valence-electron chi connectivity index (χ0n) is 11.0. The van der Waals surface area contributed by atoms with Crippen molar-refractivity contribution in [2.75, 3.05) is 13.6 Å². The third kappa shape index (κ3) is 2.67. The van der Waals surface area contributed by atoms with Crippen LogP contribution in [0.5, 0.6) is 0 Å². The van der Waals surface area contributed by atoms with Gasteiger partial charge in [0.15, 0.2) is 0 Å². The maximum Gasteiger partial charge on any atom is 0.114 e. The molecule has 3 rings (SSSR count). The maximum atomic E-state index is 14.1. The quantitative estimate of drug-likeness (QED) is 0.581. The second-order valence-corrected chi connectivity index (χ2v) is 6.07. The van der Waals surface area contributed by atoms with Crippen molar-refractivity contribution in [1.29, 1.82) is 0 Å². The first-order valence-electron chi connectivity index (χ1n) is 6.77. The van der Waals surface area contributed by atoms with Crippen LogP contribution in [-0.2, 0) is 13.0 Å². The lowest BCUT2D eigenvalue weighted by Crippen LogP contribution is -2.28. The minimum atomic E-state index is -0.927. The van der Waals surface area contributed by atoms with E-state index < -0.39 is 6.17 Å². The van der Waals surface area contributed by atoms with E-state index in [9.17, 15) is 4.39 Å². The number of hydrogen-bond donors (Lipinski definition) is 0. The standard InChI is InChI=1S/C15H18ClFN2/c1-19-7-6-14-10(9-19)2-5-15(18-14)12-4-3-11(16)8-13(12)17/h2-5,11-13H,6-9H2,1H3. The molecule has 3 unspecified atom stereocenters. The molecule has 0 fully saturated rings. The molecule has 102 valence electrons. The highest BCUT2D eigenvalue weighted by molar-refractivity contribution is 6.21. The highest BCUT2D eigenvalue weighted by Gasteiger charge is 2.28. The van der Waals surface area contributed by atoms with E-state index in [1.54, 1.807) is 0 Å². The van der Waals surface area contributed by atoms with Crippen molar-refractivity contribution >= 4 is 11.6 Å². The second kappa shape index (κ2) is 5.22. The molecule has 0 N–H and O–H groups in total. The van der Waals surface area contributed by atoms with E-state index in [0.717, 1.165) is 30.9 Å². The number of hydrogen-bond acceptors (Lipinski definition) is 2. The number of pyridine rings is 1. The SMILES string of the molecule is CN1CCc2nc(C3C=CC(Cl)CC3F)ccc2C1. The molecule has 0 radical (unpaired) electrons. The zero-order chi connectivity index (χ0) is 13.4. The normalized spacial score (nSPS) is 31.2. The molecule has 1 aliphatic carbocycles. The third-order valence-corrected chi connectivity index (χ3v) is 4.29. The van der Waals surface area contributed by atoms with Crippen LogP contribution in [0.25, 0.3) is 0 Å². The highest BCUT2D eigenvalue weighted by atomic mass is 35.5. The van der Waals surface area contributed by atoms with Crippen LogP contribution in [0.2, 0.25) is 0 Å². The topological polar surface area (TPSA) is 16.1 Å². The van der Waals surface area contributed by atoms with Gasteiger partial charge in [-0.05, 0) is 25.1 Å². The van der Waals surface area contributed by atoms with Gasteiger partial charge in [0.1, 0.15) is 6.17 Å². The molecule has 0 saturated heterocycles. The van der Waals surface area contributed by atoms with Crippen LogP contribution in [-0.4, -0.2) is 35.0 Å². The first kappa shape index (κ1) is 13.1. The summed E-state index contributed by atoms with van der Waals surface area (Å²) in [6.45, 7) is 1.96. The number of fused-ring (bicyclic) bond motifs is 1. The van der Waals surface area contributed by atoms with Gasteiger partial charge in [-0.25, -0.2) is 4.39 Å². The number of likely N-dealkylation sites (N-methyl/N-ethyl adjacent to an activating group) is 1. The molecule has 19 heavy (non-hydrogen) atoms. The Morgan fingerprint density at radius 1 is 1.37 bits per heavy atom. The number of alkyl halides is 2. The van der Waals surface area contributed by atoms with Crippen molar-refractivity contribution < 1.29 is 4.39 Å². The monoisotopic (exact) mass is 280 g/mol. The smallest absolute Gasteiger partial charge is 0.114 e. The fraction of sp³-hybridized carbons (Fsp3) is 0.533. The van der Waals surface area contributed by atoms with E-state index in [1.807, 2.05) is 18.2 Å². The van der Waals surface area contributed by atoms with E-state index in [0.29, 0.717) is 6.42 Å². The summed E-state index contributed by atoms with van der Waals surface area (Å²) in [4.78, 5) is 6.96. The first-order chi connectivity index (χ1) is 9.13. The predicted molar refractivity (Wildman–Crippen MR) is 75.3 cm³/mol. The molecular formula is C15H18ClFN2. The summed E-state index contributed by atoms with van der Waals surface area (Å²) in [5.41, 5.74) is 3.24. The van der Waals surface area contributed by atoms with E-state index in [-0.39, 0.29) is 11.3 Å². The van der Waals surface area contributed by atoms with Crippen molar-refractivity contribution in [2.24, 2.45) is 0 Å². The van der Waals surface area contributed by atoms with Gasteiger partial charge in [0.05, 0.1) is 17.0 Å². The molecule has 0 bridgehead atoms. The average Bonchev–Trinajstić information content (AvgIpc) is 2.38. The third-order valence-electron chi connectivity index (χ3n) is 3.97. The Bertz CT molecular complexity index is 503. The lowest BCUT2D eigenvalue weighted by molar-refractivity contribution is 0.280. The molecular weight excluding hydrogens is 263 g/mol. The zero-order valence-corrected chi connectivity index (χ0v) is 11.8. The molecule has 1 aromatic heterocycles. The summed E-state index contributed by atoms with van der Waals surface area (Å²) in [5.74, 6) is -0.236. The van der Waals surface area contributed by atoms with E-state index in [2.05, 4.69) is 23.0 Å². The summed E-state index contributed by atoms with van der Waals surface area (Å²) in [6, 6.07) is 4.06. The van der Waals surface area contributed by atoms with Crippen molar-refractivity contribution in [3.63, 3.8) is 0 Å². The summed E-state index contributed by atoms with van der Waals surface area (Å²) in [5, 5.41) is -0.183. The fourth-order valence-corrected chi connectivity index (χ4v) is 3.10. The van der Waals surface area contributed by atoms with Crippen molar-refractivity contribution in [3.8, 4) is 0 Å². The van der Waals surface area contributed by atoms with E-state index >= 15 is 0 Å². The number of halogens is 2. The number of nitrogens with zero attached hydrogens (tertiary/aromatic N) is 2. The average molecular weight is 281 g/mol. The van der Waals surface area contributed by atoms with Crippen molar-refractivity contribution in [1.82, 2.24) is 9.88 Å². The molecule has 1 aliphatic heterocycles. The Morgan fingerprint density at radius 3 is 3.00 bits per heavy atom. The highest BCUT2D eigenvalue weighted by Crippen LogP contribution is 2.32. The van der Waals surface area contributed by atoms with Gasteiger partial charge in [0.25, 0.3) is 0 Å². The molecule has 0 amide bonds. The number of aromatic nitrogens is 1. The Hall–Kier alpha value is -0.930. The Labute approximate surface area is 118 Å². The van der Waals surface area contributed by atoms with Crippen LogP contribution in [0.15, 0.2) is 24.3 Å². The van der Waals surface area contributed by atoms with Gasteiger partial charge in [-0.3, -0.25) is 4.98 Å². The Morgan fingerprint density at radius 2 is 2.21 bits per heavy atom. The summed E-state index contributed by atoms with van der Waals surface area (Å²) >= 11 is 5.94. The van der Waals surface area contributed by atoms with Crippen LogP contribution < -0.4 is 0 Å². The molecule has 0 saturated carbocycles. The molecule has 1 aromatic rings. The van der Waals surface area contributed by atoms with Crippen LogP contribution in [0.4, 0.5) is 4.39 Å². The summed E-state index contributed by atoms with van der Waals surface area (Å²) < 4.78 is 14.1. The van der Waals surface area contributed by atoms with E-state index in [1.165, 1.54) is 5.56 Å². The van der Waals surface area contributed by atoms with Crippen LogP contribution >= 0.6 is 11.6 Å².